The number of urea groups is 1. The normalized spacial score (nSPS) is 13.5. The summed E-state index contributed by atoms with van der Waals surface area (Å²) in [5.74, 6) is -1.10. The van der Waals surface area contributed by atoms with Gasteiger partial charge in [-0.15, -0.1) is 0 Å². The molecule has 0 heterocycles. The van der Waals surface area contributed by atoms with E-state index in [2.05, 4.69) is 5.32 Å². The van der Waals surface area contributed by atoms with Crippen LogP contribution in [-0.4, -0.2) is 28.4 Å². The summed E-state index contributed by atoms with van der Waals surface area (Å²) in [4.78, 5) is 22.8. The molecule has 2 unspecified atom stereocenters. The van der Waals surface area contributed by atoms with Crippen molar-refractivity contribution in [2.24, 2.45) is 0 Å². The van der Waals surface area contributed by atoms with Gasteiger partial charge in [-0.1, -0.05) is 0 Å². The standard InChI is InChI=1S/C11H13FN2O3S/c1-7(10(15)14-11(16)13-2)18(17)9-5-3-8(12)4-6-9/h3-7H,1-2H3,(H2,13,14,15,16). The molecule has 0 aliphatic heterocycles. The fraction of sp³-hybridized carbons (Fsp3) is 0.273. The van der Waals surface area contributed by atoms with Crippen molar-refractivity contribution in [1.82, 2.24) is 10.6 Å². The van der Waals surface area contributed by atoms with Crippen molar-refractivity contribution in [1.29, 1.82) is 0 Å². The Kier molecular flexibility index (Phi) is 4.96. The van der Waals surface area contributed by atoms with Gasteiger partial charge in [-0.2, -0.15) is 0 Å². The smallest absolute Gasteiger partial charge is 0.321 e. The van der Waals surface area contributed by atoms with Crippen LogP contribution in [0.15, 0.2) is 29.2 Å². The molecular formula is C11H13FN2O3S. The summed E-state index contributed by atoms with van der Waals surface area (Å²) in [6, 6.07) is 4.35. The largest absolute Gasteiger partial charge is 0.341 e. The molecule has 0 bridgehead atoms. The number of rotatable bonds is 3. The zero-order valence-corrected chi connectivity index (χ0v) is 10.7. The zero-order valence-electron chi connectivity index (χ0n) is 9.90. The molecule has 1 aromatic rings. The molecule has 1 rings (SSSR count). The highest BCUT2D eigenvalue weighted by Gasteiger charge is 2.22. The number of imide groups is 1. The first-order chi connectivity index (χ1) is 8.45. The Morgan fingerprint density at radius 2 is 1.83 bits per heavy atom. The van der Waals surface area contributed by atoms with E-state index >= 15 is 0 Å². The van der Waals surface area contributed by atoms with Crippen LogP contribution in [0.1, 0.15) is 6.92 Å². The van der Waals surface area contributed by atoms with Gasteiger partial charge in [0.15, 0.2) is 0 Å². The maximum Gasteiger partial charge on any atom is 0.321 e. The maximum absolute atomic E-state index is 12.7. The van der Waals surface area contributed by atoms with Crippen LogP contribution in [0.2, 0.25) is 0 Å². The summed E-state index contributed by atoms with van der Waals surface area (Å²) in [7, 11) is -0.278. The summed E-state index contributed by atoms with van der Waals surface area (Å²) in [5, 5.41) is 3.34. The molecule has 7 heteroatoms. The van der Waals surface area contributed by atoms with E-state index in [-0.39, 0.29) is 0 Å². The van der Waals surface area contributed by atoms with Gasteiger partial charge in [0.2, 0.25) is 5.91 Å². The topological polar surface area (TPSA) is 75.3 Å². The van der Waals surface area contributed by atoms with Crippen LogP contribution >= 0.6 is 0 Å². The van der Waals surface area contributed by atoms with Crippen LogP contribution in [0.5, 0.6) is 0 Å². The molecule has 3 amide bonds. The lowest BCUT2D eigenvalue weighted by Crippen LogP contribution is -2.43. The van der Waals surface area contributed by atoms with E-state index in [4.69, 9.17) is 0 Å². The highest BCUT2D eigenvalue weighted by atomic mass is 32.2. The van der Waals surface area contributed by atoms with Crippen molar-refractivity contribution in [3.8, 4) is 0 Å². The molecule has 0 radical (unpaired) electrons. The van der Waals surface area contributed by atoms with Crippen molar-refractivity contribution in [3.63, 3.8) is 0 Å². The second-order valence-corrected chi connectivity index (χ2v) is 5.24. The summed E-state index contributed by atoms with van der Waals surface area (Å²) in [6.45, 7) is 1.43. The Bertz CT molecular complexity index is 476. The lowest BCUT2D eigenvalue weighted by atomic mass is 10.3. The Balaban J connectivity index is 2.74. The molecule has 1 aromatic carbocycles. The number of hydrogen-bond acceptors (Lipinski definition) is 3. The van der Waals surface area contributed by atoms with Gasteiger partial charge in [-0.25, -0.2) is 9.18 Å². The molecule has 0 aliphatic carbocycles. The molecule has 0 aromatic heterocycles. The quantitative estimate of drug-likeness (QED) is 0.853. The third kappa shape index (κ3) is 3.63. The third-order valence-corrected chi connectivity index (χ3v) is 3.79. The molecule has 5 nitrogen and oxygen atoms in total. The van der Waals surface area contributed by atoms with Crippen LogP contribution in [-0.2, 0) is 15.6 Å². The predicted molar refractivity (Wildman–Crippen MR) is 64.9 cm³/mol. The third-order valence-electron chi connectivity index (χ3n) is 2.20. The van der Waals surface area contributed by atoms with Crippen molar-refractivity contribution < 1.29 is 18.2 Å². The summed E-state index contributed by atoms with van der Waals surface area (Å²) in [5.41, 5.74) is 0. The first-order valence-electron chi connectivity index (χ1n) is 5.14. The van der Waals surface area contributed by atoms with Crippen LogP contribution in [0, 0.1) is 5.82 Å². The van der Waals surface area contributed by atoms with Gasteiger partial charge < -0.3 is 5.32 Å². The van der Waals surface area contributed by atoms with E-state index in [1.807, 2.05) is 5.32 Å². The first-order valence-corrected chi connectivity index (χ1v) is 6.35. The average molecular weight is 272 g/mol. The maximum atomic E-state index is 12.7. The minimum absolute atomic E-state index is 0.330. The molecule has 0 spiro atoms. The van der Waals surface area contributed by atoms with Gasteiger partial charge in [-0.3, -0.25) is 14.3 Å². The fourth-order valence-electron chi connectivity index (χ4n) is 1.15. The van der Waals surface area contributed by atoms with E-state index < -0.39 is 33.8 Å². The second-order valence-electron chi connectivity index (χ2n) is 3.46. The summed E-state index contributed by atoms with van der Waals surface area (Å²) < 4.78 is 24.7. The SMILES string of the molecule is CNC(=O)NC(=O)C(C)S(=O)c1ccc(F)cc1. The Morgan fingerprint density at radius 1 is 1.28 bits per heavy atom. The van der Waals surface area contributed by atoms with E-state index in [9.17, 15) is 18.2 Å². The lowest BCUT2D eigenvalue weighted by Gasteiger charge is -2.11. The zero-order chi connectivity index (χ0) is 13.7. The van der Waals surface area contributed by atoms with Crippen LogP contribution < -0.4 is 10.6 Å². The summed E-state index contributed by atoms with van der Waals surface area (Å²) in [6.07, 6.45) is 0. The second kappa shape index (κ2) is 6.25. The van der Waals surface area contributed by atoms with E-state index in [1.165, 1.54) is 26.1 Å². The molecule has 0 saturated carbocycles. The van der Waals surface area contributed by atoms with Gasteiger partial charge in [0, 0.05) is 11.9 Å². The average Bonchev–Trinajstić information content (AvgIpc) is 2.37. The molecule has 2 atom stereocenters. The lowest BCUT2D eigenvalue weighted by molar-refractivity contribution is -0.119. The van der Waals surface area contributed by atoms with Crippen molar-refractivity contribution in [2.45, 2.75) is 17.1 Å². The van der Waals surface area contributed by atoms with Crippen LogP contribution in [0.4, 0.5) is 9.18 Å². The number of halogens is 1. The Hall–Kier alpha value is -1.76. The molecular weight excluding hydrogens is 259 g/mol. The van der Waals surface area contributed by atoms with Gasteiger partial charge in [-0.05, 0) is 31.2 Å². The molecule has 0 saturated heterocycles. The van der Waals surface area contributed by atoms with Crippen LogP contribution in [0.3, 0.4) is 0 Å². The number of carbonyl (C=O) groups is 2. The minimum atomic E-state index is -1.64. The molecule has 0 fully saturated rings. The minimum Gasteiger partial charge on any atom is -0.341 e. The molecule has 2 N–H and O–H groups in total. The first kappa shape index (κ1) is 14.3. The molecule has 98 valence electrons. The molecule has 0 aliphatic rings. The van der Waals surface area contributed by atoms with Crippen molar-refractivity contribution in [2.75, 3.05) is 7.05 Å². The van der Waals surface area contributed by atoms with E-state index in [0.717, 1.165) is 12.1 Å². The number of benzene rings is 1. The predicted octanol–water partition coefficient (Wildman–Crippen LogP) is 0.777. The Labute approximate surface area is 106 Å². The fourth-order valence-corrected chi connectivity index (χ4v) is 2.21. The van der Waals surface area contributed by atoms with Crippen LogP contribution in [0.25, 0.3) is 0 Å². The number of hydrogen-bond donors (Lipinski definition) is 2. The highest BCUT2D eigenvalue weighted by Crippen LogP contribution is 2.12. The number of amides is 3. The van der Waals surface area contributed by atoms with Gasteiger partial charge in [0.05, 0.1) is 10.8 Å². The van der Waals surface area contributed by atoms with E-state index in [0.29, 0.717) is 4.90 Å². The van der Waals surface area contributed by atoms with Gasteiger partial charge >= 0.3 is 6.03 Å². The number of carbonyl (C=O) groups excluding carboxylic acids is 2. The van der Waals surface area contributed by atoms with Crippen molar-refractivity contribution >= 4 is 22.7 Å². The summed E-state index contributed by atoms with van der Waals surface area (Å²) >= 11 is 0. The highest BCUT2D eigenvalue weighted by molar-refractivity contribution is 7.86. The van der Waals surface area contributed by atoms with Crippen molar-refractivity contribution in [3.05, 3.63) is 30.1 Å². The Morgan fingerprint density at radius 3 is 2.33 bits per heavy atom. The van der Waals surface area contributed by atoms with E-state index in [1.54, 1.807) is 0 Å². The molecule has 18 heavy (non-hydrogen) atoms. The van der Waals surface area contributed by atoms with Gasteiger partial charge in [0.1, 0.15) is 11.1 Å². The number of nitrogens with one attached hydrogen (secondary N) is 2. The van der Waals surface area contributed by atoms with Gasteiger partial charge in [0.25, 0.3) is 0 Å². The monoisotopic (exact) mass is 272 g/mol.